The van der Waals surface area contributed by atoms with E-state index in [1.165, 1.54) is 23.2 Å². The number of amides is 1. The summed E-state index contributed by atoms with van der Waals surface area (Å²) in [5.41, 5.74) is -0.162. The van der Waals surface area contributed by atoms with E-state index >= 15 is 0 Å². The smallest absolute Gasteiger partial charge is 0.275 e. The summed E-state index contributed by atoms with van der Waals surface area (Å²) in [5.74, 6) is -0.317. The summed E-state index contributed by atoms with van der Waals surface area (Å²) in [6.07, 6.45) is 5.00. The van der Waals surface area contributed by atoms with Gasteiger partial charge in [-0.2, -0.15) is 5.10 Å². The number of likely N-dealkylation sites (tertiary alicyclic amines) is 1. The summed E-state index contributed by atoms with van der Waals surface area (Å²) in [6.45, 7) is 3.76. The summed E-state index contributed by atoms with van der Waals surface area (Å²) in [4.78, 5) is 27.6. The minimum atomic E-state index is -0.594. The predicted molar refractivity (Wildman–Crippen MR) is 114 cm³/mol. The third-order valence-corrected chi connectivity index (χ3v) is 5.56. The molecule has 2 aromatic heterocycles. The lowest BCUT2D eigenvalue weighted by Gasteiger charge is -2.33. The number of nitrogens with zero attached hydrogens (tertiary/aromatic N) is 3. The second-order valence-corrected chi connectivity index (χ2v) is 7.70. The number of benzene rings is 1. The van der Waals surface area contributed by atoms with Crippen LogP contribution in [0.3, 0.4) is 0 Å². The number of carbonyl (C=O) groups is 1. The van der Waals surface area contributed by atoms with E-state index in [0.29, 0.717) is 5.69 Å². The first-order valence-electron chi connectivity index (χ1n) is 10.5. The van der Waals surface area contributed by atoms with Gasteiger partial charge >= 0.3 is 0 Å². The van der Waals surface area contributed by atoms with Crippen LogP contribution in [0.25, 0.3) is 5.69 Å². The largest absolute Gasteiger partial charge is 0.468 e. The fraction of sp³-hybridized carbons (Fsp3) is 0.348. The van der Waals surface area contributed by atoms with Crippen LogP contribution in [0.2, 0.25) is 0 Å². The van der Waals surface area contributed by atoms with Crippen LogP contribution in [0.15, 0.2) is 57.9 Å². The number of piperidine rings is 1. The third-order valence-electron chi connectivity index (χ3n) is 5.56. The topological polar surface area (TPSA) is 80.4 Å². The van der Waals surface area contributed by atoms with Crippen molar-refractivity contribution in [3.63, 3.8) is 0 Å². The first kappa shape index (κ1) is 21.0. The number of hydrogen-bond donors (Lipinski definition) is 1. The number of aryl methyl sites for hydroxylation is 1. The van der Waals surface area contributed by atoms with Crippen molar-refractivity contribution in [2.45, 2.75) is 32.2 Å². The van der Waals surface area contributed by atoms with Gasteiger partial charge < -0.3 is 9.73 Å². The predicted octanol–water partition coefficient (Wildman–Crippen LogP) is 3.23. The average molecular weight is 424 g/mol. The highest BCUT2D eigenvalue weighted by atomic mass is 19.1. The Balaban J connectivity index is 1.57. The molecular weight excluding hydrogens is 399 g/mol. The van der Waals surface area contributed by atoms with Gasteiger partial charge in [0.15, 0.2) is 5.69 Å². The molecule has 31 heavy (non-hydrogen) atoms. The van der Waals surface area contributed by atoms with E-state index in [0.717, 1.165) is 31.7 Å². The number of furan rings is 1. The standard InChI is InChI=1S/C23H25FN4O3/c1-16-14-20(29)22(26-28(16)18-9-4-3-8-17(18)24)23(30)25-15-19(21-10-7-13-31-21)27-11-5-2-6-12-27/h3-4,7-10,13-14,19H,2,5-6,11-12,15H2,1H3,(H,25,30). The van der Waals surface area contributed by atoms with E-state index < -0.39 is 17.2 Å². The Bertz CT molecular complexity index is 1100. The Morgan fingerprint density at radius 3 is 2.68 bits per heavy atom. The first-order chi connectivity index (χ1) is 15.0. The zero-order valence-electron chi connectivity index (χ0n) is 17.4. The quantitative estimate of drug-likeness (QED) is 0.657. The third kappa shape index (κ3) is 4.59. The van der Waals surface area contributed by atoms with Crippen LogP contribution in [-0.4, -0.2) is 40.2 Å². The molecule has 1 unspecified atom stereocenters. The summed E-state index contributed by atoms with van der Waals surface area (Å²) >= 11 is 0. The lowest BCUT2D eigenvalue weighted by Crippen LogP contribution is -2.41. The molecule has 0 radical (unpaired) electrons. The summed E-state index contributed by atoms with van der Waals surface area (Å²) in [5, 5.41) is 7.00. The molecule has 8 heteroatoms. The molecule has 1 N–H and O–H groups in total. The van der Waals surface area contributed by atoms with E-state index in [1.807, 2.05) is 12.1 Å². The van der Waals surface area contributed by atoms with Crippen LogP contribution < -0.4 is 10.7 Å². The Morgan fingerprint density at radius 1 is 1.19 bits per heavy atom. The number of hydrogen-bond acceptors (Lipinski definition) is 5. The highest BCUT2D eigenvalue weighted by Gasteiger charge is 2.26. The Hall–Kier alpha value is -3.26. The number of aromatic nitrogens is 2. The second-order valence-electron chi connectivity index (χ2n) is 7.70. The van der Waals surface area contributed by atoms with Crippen molar-refractivity contribution in [1.29, 1.82) is 0 Å². The van der Waals surface area contributed by atoms with Crippen molar-refractivity contribution in [1.82, 2.24) is 20.0 Å². The van der Waals surface area contributed by atoms with Gasteiger partial charge in [0.2, 0.25) is 5.43 Å². The molecule has 0 spiro atoms. The van der Waals surface area contributed by atoms with Crippen molar-refractivity contribution in [2.24, 2.45) is 0 Å². The van der Waals surface area contributed by atoms with Crippen LogP contribution >= 0.6 is 0 Å². The van der Waals surface area contributed by atoms with E-state index in [2.05, 4.69) is 15.3 Å². The maximum Gasteiger partial charge on any atom is 0.275 e. The van der Waals surface area contributed by atoms with Crippen molar-refractivity contribution in [2.75, 3.05) is 19.6 Å². The molecule has 162 valence electrons. The van der Waals surface area contributed by atoms with E-state index in [9.17, 15) is 14.0 Å². The highest BCUT2D eigenvalue weighted by Crippen LogP contribution is 2.24. The van der Waals surface area contributed by atoms with E-state index in [-0.39, 0.29) is 24.0 Å². The first-order valence-corrected chi connectivity index (χ1v) is 10.5. The Labute approximate surface area is 179 Å². The van der Waals surface area contributed by atoms with Crippen LogP contribution in [-0.2, 0) is 0 Å². The number of para-hydroxylation sites is 1. The van der Waals surface area contributed by atoms with Gasteiger partial charge in [-0.25, -0.2) is 9.07 Å². The van der Waals surface area contributed by atoms with Crippen molar-refractivity contribution in [3.05, 3.63) is 81.9 Å². The molecule has 1 aliphatic heterocycles. The second kappa shape index (κ2) is 9.26. The molecule has 4 rings (SSSR count). The van der Waals surface area contributed by atoms with Crippen LogP contribution in [0.4, 0.5) is 4.39 Å². The molecule has 1 amide bonds. The van der Waals surface area contributed by atoms with E-state index in [4.69, 9.17) is 4.42 Å². The van der Waals surface area contributed by atoms with Crippen molar-refractivity contribution in [3.8, 4) is 5.69 Å². The van der Waals surface area contributed by atoms with Crippen molar-refractivity contribution >= 4 is 5.91 Å². The van der Waals surface area contributed by atoms with Gasteiger partial charge in [-0.3, -0.25) is 14.5 Å². The minimum absolute atomic E-state index is 0.126. The summed E-state index contributed by atoms with van der Waals surface area (Å²) in [7, 11) is 0. The molecule has 1 fully saturated rings. The van der Waals surface area contributed by atoms with Gasteiger partial charge in [0.05, 0.1) is 12.3 Å². The van der Waals surface area contributed by atoms with Crippen molar-refractivity contribution < 1.29 is 13.6 Å². The fourth-order valence-corrected chi connectivity index (χ4v) is 3.97. The molecule has 7 nitrogen and oxygen atoms in total. The molecule has 0 bridgehead atoms. The SMILES string of the molecule is Cc1cc(=O)c(C(=O)NCC(c2ccco2)N2CCCCC2)nn1-c1ccccc1F. The zero-order chi connectivity index (χ0) is 21.8. The van der Waals surface area contributed by atoms with Gasteiger partial charge in [0.25, 0.3) is 5.91 Å². The molecule has 1 aromatic carbocycles. The lowest BCUT2D eigenvalue weighted by molar-refractivity contribution is 0.0906. The molecule has 1 aliphatic rings. The molecule has 0 aliphatic carbocycles. The fourth-order valence-electron chi connectivity index (χ4n) is 3.97. The monoisotopic (exact) mass is 424 g/mol. The number of carbonyl (C=O) groups excluding carboxylic acids is 1. The minimum Gasteiger partial charge on any atom is -0.468 e. The van der Waals surface area contributed by atoms with Crippen LogP contribution in [0, 0.1) is 12.7 Å². The highest BCUT2D eigenvalue weighted by molar-refractivity contribution is 5.92. The van der Waals surface area contributed by atoms with Gasteiger partial charge in [0, 0.05) is 18.3 Å². The maximum absolute atomic E-state index is 14.3. The molecule has 3 aromatic rings. The van der Waals surface area contributed by atoms with Gasteiger partial charge in [0.1, 0.15) is 17.3 Å². The van der Waals surface area contributed by atoms with Crippen LogP contribution in [0.1, 0.15) is 47.2 Å². The van der Waals surface area contributed by atoms with Gasteiger partial charge in [-0.1, -0.05) is 18.6 Å². The molecule has 3 heterocycles. The molecule has 1 saturated heterocycles. The zero-order valence-corrected chi connectivity index (χ0v) is 17.4. The maximum atomic E-state index is 14.3. The Morgan fingerprint density at radius 2 is 1.97 bits per heavy atom. The average Bonchev–Trinajstić information content (AvgIpc) is 3.30. The van der Waals surface area contributed by atoms with E-state index in [1.54, 1.807) is 31.4 Å². The molecule has 0 saturated carbocycles. The van der Waals surface area contributed by atoms with Crippen LogP contribution in [0.5, 0.6) is 0 Å². The Kier molecular flexibility index (Phi) is 6.27. The summed E-state index contributed by atoms with van der Waals surface area (Å²) in [6, 6.07) is 11.0. The van der Waals surface area contributed by atoms with Gasteiger partial charge in [-0.15, -0.1) is 0 Å². The summed E-state index contributed by atoms with van der Waals surface area (Å²) < 4.78 is 21.1. The molecular formula is C23H25FN4O3. The van der Waals surface area contributed by atoms with Gasteiger partial charge in [-0.05, 0) is 57.1 Å². The normalized spacial score (nSPS) is 15.5. The number of rotatable bonds is 6. The number of halogens is 1. The number of nitrogens with one attached hydrogen (secondary N) is 1. The molecule has 1 atom stereocenters. The lowest BCUT2D eigenvalue weighted by atomic mass is 10.1.